The van der Waals surface area contributed by atoms with Crippen LogP contribution in [0.25, 0.3) is 5.52 Å². The van der Waals surface area contributed by atoms with Crippen LogP contribution in [0.15, 0.2) is 79.1 Å². The number of para-hydroxylation sites is 1. The predicted molar refractivity (Wildman–Crippen MR) is 161 cm³/mol. The molecule has 1 saturated heterocycles. The van der Waals surface area contributed by atoms with E-state index in [-0.39, 0.29) is 31.5 Å². The van der Waals surface area contributed by atoms with Crippen LogP contribution in [0, 0.1) is 18.3 Å². The van der Waals surface area contributed by atoms with Crippen LogP contribution < -0.4 is 15.3 Å². The minimum atomic E-state index is -1.81. The quantitative estimate of drug-likeness (QED) is 0.176. The Morgan fingerprint density at radius 2 is 1.91 bits per heavy atom. The molecule has 13 heteroatoms. The molecule has 0 radical (unpaired) electrons. The molecule has 12 nitrogen and oxygen atoms in total. The SMILES string of the molecule is CC(C)OC(=O)CNP(OCC1OC(C#N)(c2ccc3c(N)ncnn23)CC1O)Oc1ccccc1.Cc1ccccc1. The molecule has 1 aliphatic rings. The van der Waals surface area contributed by atoms with E-state index in [2.05, 4.69) is 40.3 Å². The van der Waals surface area contributed by atoms with Gasteiger partial charge in [-0.3, -0.25) is 4.79 Å². The summed E-state index contributed by atoms with van der Waals surface area (Å²) in [5.74, 6) is 0.331. The first-order valence-corrected chi connectivity index (χ1v) is 14.8. The van der Waals surface area contributed by atoms with E-state index in [1.54, 1.807) is 50.2 Å². The van der Waals surface area contributed by atoms with Gasteiger partial charge in [-0.05, 0) is 45.0 Å². The van der Waals surface area contributed by atoms with Crippen LogP contribution in [-0.2, 0) is 24.4 Å². The number of nitrogens with two attached hydrogens (primary N) is 1. The van der Waals surface area contributed by atoms with Crippen LogP contribution in [0.3, 0.4) is 0 Å². The summed E-state index contributed by atoms with van der Waals surface area (Å²) in [7, 11) is -1.81. The highest BCUT2D eigenvalue weighted by Gasteiger charge is 2.50. The number of nitrogens with zero attached hydrogens (tertiary/aromatic N) is 4. The fraction of sp³-hybridized carbons (Fsp3) is 0.333. The minimum Gasteiger partial charge on any atom is -0.462 e. The molecule has 5 rings (SSSR count). The number of esters is 1. The highest BCUT2D eigenvalue weighted by molar-refractivity contribution is 7.45. The number of anilines is 1. The molecular weight excluding hydrogens is 571 g/mol. The Bertz CT molecular complexity index is 1520. The molecule has 4 unspecified atom stereocenters. The number of ether oxygens (including phenoxy) is 2. The van der Waals surface area contributed by atoms with Crippen molar-refractivity contribution in [1.29, 1.82) is 5.26 Å². The normalized spacial score (nSPS) is 20.2. The van der Waals surface area contributed by atoms with Crippen LogP contribution in [0.1, 0.15) is 31.5 Å². The van der Waals surface area contributed by atoms with Gasteiger partial charge in [-0.15, -0.1) is 0 Å². The third-order valence-corrected chi connectivity index (χ3v) is 7.48. The Kier molecular flexibility index (Phi) is 11.0. The Balaban J connectivity index is 0.000000530. The first kappa shape index (κ1) is 31.8. The van der Waals surface area contributed by atoms with Gasteiger partial charge in [0, 0.05) is 6.42 Å². The summed E-state index contributed by atoms with van der Waals surface area (Å²) in [6.45, 7) is 5.36. The highest BCUT2D eigenvalue weighted by Crippen LogP contribution is 2.42. The second-order valence-electron chi connectivity index (χ2n) is 10.0. The van der Waals surface area contributed by atoms with Crippen LogP contribution in [0.5, 0.6) is 5.75 Å². The third kappa shape index (κ3) is 8.47. The van der Waals surface area contributed by atoms with E-state index in [4.69, 9.17) is 24.3 Å². The van der Waals surface area contributed by atoms with Crippen LogP contribution in [0.2, 0.25) is 0 Å². The van der Waals surface area contributed by atoms with Gasteiger partial charge in [0.05, 0.1) is 24.5 Å². The van der Waals surface area contributed by atoms with Crippen molar-refractivity contribution in [3.05, 3.63) is 90.4 Å². The number of nitrogen functional groups attached to an aromatic ring is 1. The van der Waals surface area contributed by atoms with Gasteiger partial charge in [0.1, 0.15) is 36.3 Å². The van der Waals surface area contributed by atoms with E-state index >= 15 is 0 Å². The van der Waals surface area contributed by atoms with Gasteiger partial charge < -0.3 is 29.4 Å². The Morgan fingerprint density at radius 1 is 1.21 bits per heavy atom. The standard InChI is InChI=1S/C23H27N6O6P.C7H8/c1-15(2)33-21(31)11-28-36(35-16-6-4-3-5-7-16)32-12-19-18(30)10-23(13-24,34-19)20-9-8-17-22(25)26-14-27-29(17)20;1-7-5-3-2-4-6-7/h3-9,14-15,18-19,28,30H,10-12H2,1-2H3,(H2,25,26,27);2-6H,1H3. The van der Waals surface area contributed by atoms with Crippen molar-refractivity contribution >= 4 is 25.8 Å². The number of benzene rings is 2. The average molecular weight is 607 g/mol. The number of nitriles is 1. The smallest absolute Gasteiger partial charge is 0.320 e. The van der Waals surface area contributed by atoms with Crippen molar-refractivity contribution in [1.82, 2.24) is 19.7 Å². The maximum absolute atomic E-state index is 12.0. The van der Waals surface area contributed by atoms with Gasteiger partial charge in [0.25, 0.3) is 0 Å². The molecular formula is C30H35N6O6P. The van der Waals surface area contributed by atoms with Gasteiger partial charge in [-0.2, -0.15) is 10.4 Å². The number of aliphatic hydroxyl groups is 1. The van der Waals surface area contributed by atoms with Crippen molar-refractivity contribution in [2.45, 2.75) is 51.1 Å². The largest absolute Gasteiger partial charge is 0.462 e. The molecule has 43 heavy (non-hydrogen) atoms. The summed E-state index contributed by atoms with van der Waals surface area (Å²) < 4.78 is 24.5. The summed E-state index contributed by atoms with van der Waals surface area (Å²) in [5, 5.41) is 27.9. The summed E-state index contributed by atoms with van der Waals surface area (Å²) in [4.78, 5) is 16.0. The van der Waals surface area contributed by atoms with Crippen LogP contribution in [-0.4, -0.2) is 57.1 Å². The first-order valence-electron chi connectivity index (χ1n) is 13.7. The predicted octanol–water partition coefficient (Wildman–Crippen LogP) is 4.04. The van der Waals surface area contributed by atoms with Gasteiger partial charge in [-0.25, -0.2) is 14.6 Å². The molecule has 2 aromatic heterocycles. The summed E-state index contributed by atoms with van der Waals surface area (Å²) in [5.41, 5.74) is 6.71. The zero-order valence-electron chi connectivity index (χ0n) is 24.2. The maximum atomic E-state index is 12.0. The lowest BCUT2D eigenvalue weighted by Crippen LogP contribution is -2.30. The zero-order chi connectivity index (χ0) is 30.8. The first-order chi connectivity index (χ1) is 20.7. The van der Waals surface area contributed by atoms with E-state index in [9.17, 15) is 15.2 Å². The Hall–Kier alpha value is -4.11. The summed E-state index contributed by atoms with van der Waals surface area (Å²) in [6, 6.07) is 24.8. The molecule has 4 atom stereocenters. The number of carbonyl (C=O) groups excluding carboxylic acids is 1. The van der Waals surface area contributed by atoms with Crippen molar-refractivity contribution < 1.29 is 28.4 Å². The molecule has 1 fully saturated rings. The Morgan fingerprint density at radius 3 is 2.53 bits per heavy atom. The number of aliphatic hydroxyl groups excluding tert-OH is 1. The van der Waals surface area contributed by atoms with Gasteiger partial charge in [-0.1, -0.05) is 54.1 Å². The van der Waals surface area contributed by atoms with Crippen molar-refractivity contribution in [2.75, 3.05) is 18.9 Å². The van der Waals surface area contributed by atoms with Crippen molar-refractivity contribution in [3.63, 3.8) is 0 Å². The Labute approximate surface area is 251 Å². The highest BCUT2D eigenvalue weighted by atomic mass is 31.2. The fourth-order valence-electron chi connectivity index (χ4n) is 4.30. The molecule has 226 valence electrons. The lowest BCUT2D eigenvalue weighted by Gasteiger charge is -2.23. The lowest BCUT2D eigenvalue weighted by atomic mass is 9.96. The monoisotopic (exact) mass is 606 g/mol. The minimum absolute atomic E-state index is 0.000834. The number of carbonyl (C=O) groups is 1. The van der Waals surface area contributed by atoms with Crippen molar-refractivity contribution in [2.24, 2.45) is 0 Å². The van der Waals surface area contributed by atoms with Gasteiger partial charge in [0.2, 0.25) is 0 Å². The molecule has 1 aliphatic heterocycles. The maximum Gasteiger partial charge on any atom is 0.320 e. The molecule has 0 spiro atoms. The number of fused-ring (bicyclic) bond motifs is 1. The summed E-state index contributed by atoms with van der Waals surface area (Å²) in [6.07, 6.45) is -0.822. The molecule has 0 bridgehead atoms. The number of rotatable bonds is 10. The number of nitrogens with one attached hydrogen (secondary N) is 1. The summed E-state index contributed by atoms with van der Waals surface area (Å²) >= 11 is 0. The van der Waals surface area contributed by atoms with Crippen LogP contribution in [0.4, 0.5) is 5.82 Å². The number of aromatic nitrogens is 3. The number of aryl methyl sites for hydroxylation is 1. The molecule has 4 aromatic rings. The average Bonchev–Trinajstić information content (AvgIpc) is 3.58. The van der Waals surface area contributed by atoms with E-state index in [1.807, 2.05) is 24.3 Å². The molecule has 4 N–H and O–H groups in total. The van der Waals surface area contributed by atoms with E-state index < -0.39 is 32.3 Å². The molecule has 3 heterocycles. The lowest BCUT2D eigenvalue weighted by molar-refractivity contribution is -0.145. The molecule has 2 aromatic carbocycles. The fourth-order valence-corrected chi connectivity index (χ4v) is 5.36. The second-order valence-corrected chi connectivity index (χ2v) is 11.3. The molecule has 0 saturated carbocycles. The molecule has 0 amide bonds. The van der Waals surface area contributed by atoms with E-state index in [1.165, 1.54) is 16.4 Å². The third-order valence-electron chi connectivity index (χ3n) is 6.30. The van der Waals surface area contributed by atoms with E-state index in [0.29, 0.717) is 17.0 Å². The number of hydrogen-bond donors (Lipinski definition) is 3. The topological polar surface area (TPSA) is 166 Å². The van der Waals surface area contributed by atoms with Gasteiger partial charge >= 0.3 is 14.5 Å². The van der Waals surface area contributed by atoms with Gasteiger partial charge in [0.15, 0.2) is 11.4 Å². The number of hydrogen-bond acceptors (Lipinski definition) is 11. The zero-order valence-corrected chi connectivity index (χ0v) is 25.1. The van der Waals surface area contributed by atoms with Crippen LogP contribution >= 0.6 is 8.53 Å². The second kappa shape index (κ2) is 14.9. The van der Waals surface area contributed by atoms with Crippen molar-refractivity contribution in [3.8, 4) is 11.8 Å². The van der Waals surface area contributed by atoms with E-state index in [0.717, 1.165) is 0 Å². The molecule has 0 aliphatic carbocycles.